The number of ether oxygens (including phenoxy) is 1. The van der Waals surface area contributed by atoms with Crippen LogP contribution in [0.15, 0.2) is 10.7 Å². The van der Waals surface area contributed by atoms with Gasteiger partial charge in [0.15, 0.2) is 0 Å². The van der Waals surface area contributed by atoms with E-state index in [4.69, 9.17) is 10.5 Å². The Bertz CT molecular complexity index is 376. The molecule has 1 aromatic rings. The fourth-order valence-electron chi connectivity index (χ4n) is 2.54. The number of piperidine rings is 1. The number of hydrogen-bond acceptors (Lipinski definition) is 4. The maximum absolute atomic E-state index is 5.88. The van der Waals surface area contributed by atoms with Gasteiger partial charge in [-0.2, -0.15) is 5.10 Å². The molecule has 0 bridgehead atoms. The van der Waals surface area contributed by atoms with Crippen LogP contribution in [0.5, 0.6) is 0 Å². The number of methoxy groups -OCH3 is 1. The maximum Gasteiger partial charge on any atom is 0.0663 e. The van der Waals surface area contributed by atoms with Gasteiger partial charge in [0.05, 0.1) is 22.5 Å². The summed E-state index contributed by atoms with van der Waals surface area (Å²) < 4.78 is 8.43. The van der Waals surface area contributed by atoms with Crippen LogP contribution in [0.25, 0.3) is 0 Å². The molecule has 2 N–H and O–H groups in total. The Labute approximate surface area is 116 Å². The predicted molar refractivity (Wildman–Crippen MR) is 74.2 cm³/mol. The first-order chi connectivity index (χ1) is 8.65. The molecule has 2 unspecified atom stereocenters. The van der Waals surface area contributed by atoms with Crippen molar-refractivity contribution in [3.8, 4) is 0 Å². The summed E-state index contributed by atoms with van der Waals surface area (Å²) in [5.74, 6) is 0. The van der Waals surface area contributed by atoms with Crippen LogP contribution in [0, 0.1) is 0 Å². The van der Waals surface area contributed by atoms with Crippen molar-refractivity contribution in [1.82, 2.24) is 14.7 Å². The summed E-state index contributed by atoms with van der Waals surface area (Å²) >= 11 is 3.55. The first-order valence-corrected chi connectivity index (χ1v) is 7.08. The highest BCUT2D eigenvalue weighted by Crippen LogP contribution is 2.24. The third-order valence-electron chi connectivity index (χ3n) is 3.76. The van der Waals surface area contributed by atoms with Gasteiger partial charge in [-0.15, -0.1) is 0 Å². The van der Waals surface area contributed by atoms with Gasteiger partial charge in [0, 0.05) is 39.8 Å². The number of hydrogen-bond donors (Lipinski definition) is 1. The summed E-state index contributed by atoms with van der Waals surface area (Å²) in [5, 5.41) is 4.25. The Morgan fingerprint density at radius 3 is 2.94 bits per heavy atom. The standard InChI is InChI=1S/C12H21BrN4O/c1-16-12(11(13)7-15-16)8-17-4-3-10(18-2)5-9(17)6-14/h7,9-10H,3-6,8,14H2,1-2H3. The van der Waals surface area contributed by atoms with E-state index >= 15 is 0 Å². The third kappa shape index (κ3) is 2.93. The molecule has 2 atom stereocenters. The molecule has 1 fully saturated rings. The molecular formula is C12H21BrN4O. The van der Waals surface area contributed by atoms with Gasteiger partial charge in [-0.05, 0) is 28.8 Å². The Morgan fingerprint density at radius 1 is 1.61 bits per heavy atom. The summed E-state index contributed by atoms with van der Waals surface area (Å²) in [6.07, 6.45) is 4.28. The Balaban J connectivity index is 2.04. The van der Waals surface area contributed by atoms with E-state index in [1.165, 1.54) is 5.69 Å². The molecule has 18 heavy (non-hydrogen) atoms. The van der Waals surface area contributed by atoms with Gasteiger partial charge in [-0.3, -0.25) is 9.58 Å². The minimum Gasteiger partial charge on any atom is -0.381 e. The zero-order chi connectivity index (χ0) is 13.1. The second-order valence-corrected chi connectivity index (χ2v) is 5.66. The number of nitrogens with two attached hydrogens (primary N) is 1. The van der Waals surface area contributed by atoms with Gasteiger partial charge in [0.25, 0.3) is 0 Å². The van der Waals surface area contributed by atoms with Crippen LogP contribution in [0.2, 0.25) is 0 Å². The topological polar surface area (TPSA) is 56.3 Å². The summed E-state index contributed by atoms with van der Waals surface area (Å²) in [4.78, 5) is 2.43. The Kier molecular flexibility index (Phi) is 4.77. The average Bonchev–Trinajstić information content (AvgIpc) is 2.71. The molecule has 0 saturated carbocycles. The number of likely N-dealkylation sites (tertiary alicyclic amines) is 1. The summed E-state index contributed by atoms with van der Waals surface area (Å²) in [6.45, 7) is 2.59. The number of nitrogens with zero attached hydrogens (tertiary/aromatic N) is 3. The van der Waals surface area contributed by atoms with E-state index < -0.39 is 0 Å². The SMILES string of the molecule is COC1CCN(Cc2c(Br)cnn2C)C(CN)C1. The molecule has 0 spiro atoms. The van der Waals surface area contributed by atoms with Crippen LogP contribution >= 0.6 is 15.9 Å². The van der Waals surface area contributed by atoms with Crippen LogP contribution in [0.1, 0.15) is 18.5 Å². The molecule has 0 aliphatic carbocycles. The second kappa shape index (κ2) is 6.14. The molecular weight excluding hydrogens is 296 g/mol. The normalized spacial score (nSPS) is 25.6. The number of aromatic nitrogens is 2. The maximum atomic E-state index is 5.88. The Hall–Kier alpha value is -0.430. The van der Waals surface area contributed by atoms with Gasteiger partial charge in [0.1, 0.15) is 0 Å². The van der Waals surface area contributed by atoms with E-state index in [1.807, 2.05) is 17.9 Å². The Morgan fingerprint density at radius 2 is 2.39 bits per heavy atom. The van der Waals surface area contributed by atoms with Crippen molar-refractivity contribution in [2.45, 2.75) is 31.5 Å². The van der Waals surface area contributed by atoms with Crippen molar-refractivity contribution in [1.29, 1.82) is 0 Å². The molecule has 2 heterocycles. The first-order valence-electron chi connectivity index (χ1n) is 6.29. The molecule has 5 nitrogen and oxygen atoms in total. The largest absolute Gasteiger partial charge is 0.381 e. The first kappa shape index (κ1) is 14.0. The van der Waals surface area contributed by atoms with E-state index in [2.05, 4.69) is 25.9 Å². The number of halogens is 1. The van der Waals surface area contributed by atoms with E-state index in [0.29, 0.717) is 18.7 Å². The van der Waals surface area contributed by atoms with Gasteiger partial charge in [0.2, 0.25) is 0 Å². The average molecular weight is 317 g/mol. The zero-order valence-electron chi connectivity index (χ0n) is 11.0. The van der Waals surface area contributed by atoms with Crippen molar-refractivity contribution >= 4 is 15.9 Å². The summed E-state index contributed by atoms with van der Waals surface area (Å²) in [5.41, 5.74) is 7.08. The predicted octanol–water partition coefficient (Wildman–Crippen LogP) is 1.12. The molecule has 0 radical (unpaired) electrons. The van der Waals surface area contributed by atoms with Gasteiger partial charge >= 0.3 is 0 Å². The van der Waals surface area contributed by atoms with Gasteiger partial charge < -0.3 is 10.5 Å². The van der Waals surface area contributed by atoms with Crippen molar-refractivity contribution in [3.63, 3.8) is 0 Å². The molecule has 1 aromatic heterocycles. The molecule has 102 valence electrons. The lowest BCUT2D eigenvalue weighted by Gasteiger charge is -2.38. The molecule has 1 saturated heterocycles. The fraction of sp³-hybridized carbons (Fsp3) is 0.750. The van der Waals surface area contributed by atoms with Crippen LogP contribution in [-0.4, -0.2) is 47.0 Å². The van der Waals surface area contributed by atoms with Gasteiger partial charge in [-0.25, -0.2) is 0 Å². The highest BCUT2D eigenvalue weighted by molar-refractivity contribution is 9.10. The number of rotatable bonds is 4. The van der Waals surface area contributed by atoms with Crippen LogP contribution < -0.4 is 5.73 Å². The van der Waals surface area contributed by atoms with Crippen LogP contribution in [0.4, 0.5) is 0 Å². The number of aryl methyl sites for hydroxylation is 1. The smallest absolute Gasteiger partial charge is 0.0663 e. The van der Waals surface area contributed by atoms with Crippen molar-refractivity contribution < 1.29 is 4.74 Å². The van der Waals surface area contributed by atoms with E-state index in [0.717, 1.165) is 30.4 Å². The lowest BCUT2D eigenvalue weighted by Crippen LogP contribution is -2.48. The molecule has 0 amide bonds. The highest BCUT2D eigenvalue weighted by atomic mass is 79.9. The molecule has 1 aliphatic rings. The lowest BCUT2D eigenvalue weighted by atomic mass is 9.99. The monoisotopic (exact) mass is 316 g/mol. The van der Waals surface area contributed by atoms with Crippen molar-refractivity contribution in [3.05, 3.63) is 16.4 Å². The van der Waals surface area contributed by atoms with E-state index in [9.17, 15) is 0 Å². The van der Waals surface area contributed by atoms with Gasteiger partial charge in [-0.1, -0.05) is 0 Å². The minimum absolute atomic E-state index is 0.352. The van der Waals surface area contributed by atoms with E-state index in [1.54, 1.807) is 7.11 Å². The molecule has 0 aromatic carbocycles. The van der Waals surface area contributed by atoms with E-state index in [-0.39, 0.29) is 0 Å². The third-order valence-corrected chi connectivity index (χ3v) is 4.42. The quantitative estimate of drug-likeness (QED) is 0.904. The zero-order valence-corrected chi connectivity index (χ0v) is 12.6. The second-order valence-electron chi connectivity index (χ2n) is 4.80. The summed E-state index contributed by atoms with van der Waals surface area (Å²) in [6, 6.07) is 0.394. The molecule has 2 rings (SSSR count). The lowest BCUT2D eigenvalue weighted by molar-refractivity contribution is 0.00934. The van der Waals surface area contributed by atoms with Crippen molar-refractivity contribution in [2.75, 3.05) is 20.2 Å². The fourth-order valence-corrected chi connectivity index (χ4v) is 3.01. The van der Waals surface area contributed by atoms with Crippen LogP contribution in [0.3, 0.4) is 0 Å². The minimum atomic E-state index is 0.352. The highest BCUT2D eigenvalue weighted by Gasteiger charge is 2.28. The van der Waals surface area contributed by atoms with Crippen LogP contribution in [-0.2, 0) is 18.3 Å². The summed E-state index contributed by atoms with van der Waals surface area (Å²) in [7, 11) is 3.76. The molecule has 1 aliphatic heterocycles. The van der Waals surface area contributed by atoms with Crippen molar-refractivity contribution in [2.24, 2.45) is 12.8 Å². The molecule has 6 heteroatoms.